The van der Waals surface area contributed by atoms with E-state index in [9.17, 15) is 13.2 Å². The highest BCUT2D eigenvalue weighted by Gasteiger charge is 2.39. The van der Waals surface area contributed by atoms with Gasteiger partial charge in [-0.15, -0.1) is 0 Å². The summed E-state index contributed by atoms with van der Waals surface area (Å²) in [5, 5.41) is 11.4. The Labute approximate surface area is 124 Å². The summed E-state index contributed by atoms with van der Waals surface area (Å²) in [6.07, 6.45) is 0.432. The third-order valence-corrected chi connectivity index (χ3v) is 5.28. The SMILES string of the molecule is CC1(NC(=O)c2ccc(C#CCO)cc2)CCS(=O)(=O)C1. The Hall–Kier alpha value is -1.84. The highest BCUT2D eigenvalue weighted by atomic mass is 32.2. The van der Waals surface area contributed by atoms with Crippen molar-refractivity contribution in [3.8, 4) is 11.8 Å². The molecule has 6 heteroatoms. The predicted octanol–water partition coefficient (Wildman–Crippen LogP) is 0.337. The summed E-state index contributed by atoms with van der Waals surface area (Å²) < 4.78 is 23.0. The lowest BCUT2D eigenvalue weighted by atomic mass is 10.0. The smallest absolute Gasteiger partial charge is 0.251 e. The summed E-state index contributed by atoms with van der Waals surface area (Å²) in [7, 11) is -3.06. The first-order valence-corrected chi connectivity index (χ1v) is 8.38. The fourth-order valence-corrected chi connectivity index (χ4v) is 4.39. The van der Waals surface area contributed by atoms with Crippen LogP contribution in [-0.2, 0) is 9.84 Å². The van der Waals surface area contributed by atoms with E-state index < -0.39 is 15.4 Å². The first kappa shape index (κ1) is 15.5. The Morgan fingerprint density at radius 1 is 1.38 bits per heavy atom. The van der Waals surface area contributed by atoms with Crippen LogP contribution in [0.4, 0.5) is 0 Å². The number of amides is 1. The van der Waals surface area contributed by atoms with Crippen LogP contribution in [0, 0.1) is 11.8 Å². The van der Waals surface area contributed by atoms with Gasteiger partial charge in [0.25, 0.3) is 5.91 Å². The van der Waals surface area contributed by atoms with Crippen LogP contribution in [0.2, 0.25) is 0 Å². The molecule has 2 rings (SSSR count). The van der Waals surface area contributed by atoms with Crippen molar-refractivity contribution in [2.24, 2.45) is 0 Å². The molecule has 0 spiro atoms. The second-order valence-electron chi connectivity index (χ2n) is 5.39. The van der Waals surface area contributed by atoms with Gasteiger partial charge in [-0.1, -0.05) is 11.8 Å². The molecule has 0 radical (unpaired) electrons. The average Bonchev–Trinajstić information content (AvgIpc) is 2.70. The Kier molecular flexibility index (Phi) is 4.35. The fraction of sp³-hybridized carbons (Fsp3) is 0.400. The van der Waals surface area contributed by atoms with Gasteiger partial charge in [-0.25, -0.2) is 8.42 Å². The van der Waals surface area contributed by atoms with Crippen molar-refractivity contribution in [3.05, 3.63) is 35.4 Å². The minimum absolute atomic E-state index is 0.0220. The summed E-state index contributed by atoms with van der Waals surface area (Å²) in [6.45, 7) is 1.53. The van der Waals surface area contributed by atoms with Gasteiger partial charge in [0, 0.05) is 11.1 Å². The molecular weight excluding hydrogens is 290 g/mol. The van der Waals surface area contributed by atoms with E-state index in [0.29, 0.717) is 17.5 Å². The van der Waals surface area contributed by atoms with Gasteiger partial charge in [-0.3, -0.25) is 4.79 Å². The second-order valence-corrected chi connectivity index (χ2v) is 7.58. The lowest BCUT2D eigenvalue weighted by Crippen LogP contribution is -2.46. The van der Waals surface area contributed by atoms with Crippen molar-refractivity contribution in [1.29, 1.82) is 0 Å². The number of sulfone groups is 1. The molecule has 0 saturated carbocycles. The quantitative estimate of drug-likeness (QED) is 0.772. The van der Waals surface area contributed by atoms with Gasteiger partial charge in [0.15, 0.2) is 9.84 Å². The van der Waals surface area contributed by atoms with Crippen molar-refractivity contribution in [3.63, 3.8) is 0 Å². The van der Waals surface area contributed by atoms with Crippen molar-refractivity contribution in [2.75, 3.05) is 18.1 Å². The molecule has 1 aromatic carbocycles. The van der Waals surface area contributed by atoms with Crippen LogP contribution in [-0.4, -0.2) is 43.1 Å². The summed E-state index contributed by atoms with van der Waals surface area (Å²) in [6, 6.07) is 6.63. The zero-order valence-electron chi connectivity index (χ0n) is 11.7. The van der Waals surface area contributed by atoms with E-state index in [2.05, 4.69) is 17.2 Å². The maximum atomic E-state index is 12.2. The van der Waals surface area contributed by atoms with Crippen LogP contribution >= 0.6 is 0 Å². The van der Waals surface area contributed by atoms with E-state index in [1.165, 1.54) is 0 Å². The number of aliphatic hydroxyl groups excluding tert-OH is 1. The fourth-order valence-electron chi connectivity index (χ4n) is 2.30. The van der Waals surface area contributed by atoms with Crippen molar-refractivity contribution < 1.29 is 18.3 Å². The maximum Gasteiger partial charge on any atom is 0.251 e. The molecule has 0 aromatic heterocycles. The minimum Gasteiger partial charge on any atom is -0.384 e. The molecule has 5 nitrogen and oxygen atoms in total. The third-order valence-electron chi connectivity index (χ3n) is 3.38. The van der Waals surface area contributed by atoms with E-state index in [1.807, 2.05) is 0 Å². The molecule has 1 saturated heterocycles. The van der Waals surface area contributed by atoms with Gasteiger partial charge >= 0.3 is 0 Å². The Morgan fingerprint density at radius 3 is 2.57 bits per heavy atom. The topological polar surface area (TPSA) is 83.5 Å². The molecule has 0 aliphatic carbocycles. The third kappa shape index (κ3) is 4.06. The van der Waals surface area contributed by atoms with Gasteiger partial charge in [0.2, 0.25) is 0 Å². The summed E-state index contributed by atoms with van der Waals surface area (Å²) in [5.74, 6) is 5.06. The second kappa shape index (κ2) is 5.88. The largest absolute Gasteiger partial charge is 0.384 e. The highest BCUT2D eigenvalue weighted by molar-refractivity contribution is 7.91. The van der Waals surface area contributed by atoms with Crippen LogP contribution in [0.1, 0.15) is 29.3 Å². The van der Waals surface area contributed by atoms with Crippen molar-refractivity contribution in [1.82, 2.24) is 5.32 Å². The molecule has 21 heavy (non-hydrogen) atoms. The van der Waals surface area contributed by atoms with E-state index in [1.54, 1.807) is 31.2 Å². The number of carbonyl (C=O) groups excluding carboxylic acids is 1. The number of hydrogen-bond acceptors (Lipinski definition) is 4. The Bertz CT molecular complexity index is 697. The first-order chi connectivity index (χ1) is 9.84. The zero-order chi connectivity index (χ0) is 15.5. The van der Waals surface area contributed by atoms with Crippen molar-refractivity contribution >= 4 is 15.7 Å². The number of rotatable bonds is 2. The Morgan fingerprint density at radius 2 is 2.05 bits per heavy atom. The number of hydrogen-bond donors (Lipinski definition) is 2. The van der Waals surface area contributed by atoms with Crippen molar-refractivity contribution in [2.45, 2.75) is 18.9 Å². The van der Waals surface area contributed by atoms with Gasteiger partial charge in [-0.2, -0.15) is 0 Å². The molecule has 2 N–H and O–H groups in total. The lowest BCUT2D eigenvalue weighted by molar-refractivity contribution is 0.0915. The summed E-state index contributed by atoms with van der Waals surface area (Å²) in [5.41, 5.74) is 0.455. The molecule has 1 aromatic rings. The molecule has 1 unspecified atom stereocenters. The van der Waals surface area contributed by atoms with Gasteiger partial charge in [-0.05, 0) is 37.6 Å². The molecule has 0 bridgehead atoms. The summed E-state index contributed by atoms with van der Waals surface area (Å²) in [4.78, 5) is 12.2. The van der Waals surface area contributed by atoms with Crippen LogP contribution in [0.5, 0.6) is 0 Å². The monoisotopic (exact) mass is 307 g/mol. The maximum absolute atomic E-state index is 12.2. The normalized spacial score (nSPS) is 23.1. The molecular formula is C15H17NO4S. The zero-order valence-corrected chi connectivity index (χ0v) is 12.5. The standard InChI is InChI=1S/C15H17NO4S/c1-15(8-10-21(19,20)11-15)16-14(18)13-6-4-12(5-7-13)3-2-9-17/h4-7,17H,8-11H2,1H3,(H,16,18). The highest BCUT2D eigenvalue weighted by Crippen LogP contribution is 2.23. The lowest BCUT2D eigenvalue weighted by Gasteiger charge is -2.23. The molecule has 1 aliphatic heterocycles. The minimum atomic E-state index is -3.06. The van der Waals surface area contributed by atoms with Crippen LogP contribution in [0.3, 0.4) is 0 Å². The molecule has 1 fully saturated rings. The summed E-state index contributed by atoms with van der Waals surface area (Å²) >= 11 is 0. The van der Waals surface area contributed by atoms with E-state index in [-0.39, 0.29) is 24.0 Å². The number of benzene rings is 1. The van der Waals surface area contributed by atoms with E-state index in [4.69, 9.17) is 5.11 Å². The average molecular weight is 307 g/mol. The van der Waals surface area contributed by atoms with Gasteiger partial charge in [0.1, 0.15) is 6.61 Å². The van der Waals surface area contributed by atoms with Gasteiger partial charge < -0.3 is 10.4 Å². The number of nitrogens with one attached hydrogen (secondary N) is 1. The first-order valence-electron chi connectivity index (χ1n) is 6.56. The number of aliphatic hydroxyl groups is 1. The molecule has 112 valence electrons. The van der Waals surface area contributed by atoms with Crippen LogP contribution in [0.15, 0.2) is 24.3 Å². The molecule has 1 aliphatic rings. The Balaban J connectivity index is 2.07. The van der Waals surface area contributed by atoms with Crippen LogP contribution < -0.4 is 5.32 Å². The molecule has 1 atom stereocenters. The molecule has 1 amide bonds. The van der Waals surface area contributed by atoms with Gasteiger partial charge in [0.05, 0.1) is 17.0 Å². The van der Waals surface area contributed by atoms with Crippen LogP contribution in [0.25, 0.3) is 0 Å². The number of carbonyl (C=O) groups is 1. The van der Waals surface area contributed by atoms with E-state index in [0.717, 1.165) is 0 Å². The van der Waals surface area contributed by atoms with E-state index >= 15 is 0 Å². The molecule has 1 heterocycles. The predicted molar refractivity (Wildman–Crippen MR) is 79.5 cm³/mol.